The number of carbonyl (C=O) groups excluding carboxylic acids is 1. The van der Waals surface area contributed by atoms with Crippen molar-refractivity contribution in [2.45, 2.75) is 26.3 Å². The number of nitrogens with zero attached hydrogens (tertiary/aromatic N) is 3. The fourth-order valence-electron chi connectivity index (χ4n) is 3.65. The molecule has 3 heterocycles. The maximum absolute atomic E-state index is 13.4. The van der Waals surface area contributed by atoms with Crippen LogP contribution in [0.15, 0.2) is 53.5 Å². The monoisotopic (exact) mass is 389 g/mol. The molecule has 4 rings (SSSR count). The number of aromatic nitrogens is 2. The second-order valence-electron chi connectivity index (χ2n) is 7.62. The van der Waals surface area contributed by atoms with Crippen molar-refractivity contribution in [3.8, 4) is 5.88 Å². The number of hydrogen-bond donors (Lipinski definition) is 0. The molecule has 0 saturated carbocycles. The van der Waals surface area contributed by atoms with Crippen molar-refractivity contribution in [3.63, 3.8) is 0 Å². The molecule has 0 bridgehead atoms. The van der Waals surface area contributed by atoms with Crippen molar-refractivity contribution in [2.24, 2.45) is 5.92 Å². The molecule has 0 aliphatic carbocycles. The molecule has 6 nitrogen and oxygen atoms in total. The molecule has 1 amide bonds. The summed E-state index contributed by atoms with van der Waals surface area (Å²) in [6.45, 7) is 4.08. The number of amides is 1. The largest absolute Gasteiger partial charge is 0.446 e. The highest BCUT2D eigenvalue weighted by molar-refractivity contribution is 5.95. The Kier molecular flexibility index (Phi) is 4.92. The third kappa shape index (κ3) is 3.42. The minimum Gasteiger partial charge on any atom is -0.446 e. The zero-order chi connectivity index (χ0) is 20.5. The summed E-state index contributed by atoms with van der Waals surface area (Å²) in [5, 5.41) is 0. The minimum atomic E-state index is -0.599. The summed E-state index contributed by atoms with van der Waals surface area (Å²) in [5.74, 6) is 0.809. The van der Waals surface area contributed by atoms with E-state index in [2.05, 4.69) is 4.98 Å². The molecule has 2 aliphatic rings. The van der Waals surface area contributed by atoms with Gasteiger partial charge in [-0.3, -0.25) is 14.2 Å². The number of benzene rings is 1. The maximum atomic E-state index is 13.4. The van der Waals surface area contributed by atoms with E-state index in [0.29, 0.717) is 23.5 Å². The van der Waals surface area contributed by atoms with Crippen LogP contribution < -0.4 is 10.3 Å². The number of carbonyl (C=O) groups is 1. The molecule has 2 aliphatic heterocycles. The van der Waals surface area contributed by atoms with Crippen molar-refractivity contribution >= 4 is 23.8 Å². The van der Waals surface area contributed by atoms with E-state index in [1.165, 1.54) is 10.8 Å². The van der Waals surface area contributed by atoms with Gasteiger partial charge in [-0.2, -0.15) is 4.98 Å². The molecule has 2 aromatic rings. The zero-order valence-electron chi connectivity index (χ0n) is 16.7. The first-order valence-electron chi connectivity index (χ1n) is 9.68. The number of hydrogen-bond acceptors (Lipinski definition) is 4. The summed E-state index contributed by atoms with van der Waals surface area (Å²) in [6, 6.07) is 9.07. The number of rotatable bonds is 3. The van der Waals surface area contributed by atoms with Crippen LogP contribution in [0.5, 0.6) is 5.88 Å². The number of likely N-dealkylation sites (N-methyl/N-ethyl adjacent to an activating group) is 1. The van der Waals surface area contributed by atoms with E-state index in [1.54, 1.807) is 30.2 Å². The van der Waals surface area contributed by atoms with Crippen LogP contribution >= 0.6 is 0 Å². The highest BCUT2D eigenvalue weighted by atomic mass is 16.5. The Morgan fingerprint density at radius 1 is 1.17 bits per heavy atom. The lowest BCUT2D eigenvalue weighted by molar-refractivity contribution is -0.132. The van der Waals surface area contributed by atoms with Gasteiger partial charge >= 0.3 is 0 Å². The summed E-state index contributed by atoms with van der Waals surface area (Å²) in [4.78, 5) is 32.9. The predicted molar refractivity (Wildman–Crippen MR) is 113 cm³/mol. The van der Waals surface area contributed by atoms with E-state index >= 15 is 0 Å². The van der Waals surface area contributed by atoms with Gasteiger partial charge in [-0.05, 0) is 36.1 Å². The smallest absolute Gasteiger partial charge is 0.265 e. The van der Waals surface area contributed by atoms with Crippen LogP contribution in [0, 0.1) is 5.92 Å². The van der Waals surface area contributed by atoms with Crippen molar-refractivity contribution in [2.75, 3.05) is 7.05 Å². The Bertz CT molecular complexity index is 1090. The van der Waals surface area contributed by atoms with Gasteiger partial charge in [-0.1, -0.05) is 50.3 Å². The number of fused-ring (bicyclic) bond motifs is 2. The van der Waals surface area contributed by atoms with Crippen molar-refractivity contribution < 1.29 is 9.53 Å². The highest BCUT2D eigenvalue weighted by Crippen LogP contribution is 2.34. The second-order valence-corrected chi connectivity index (χ2v) is 7.62. The zero-order valence-corrected chi connectivity index (χ0v) is 16.7. The molecular formula is C23H23N3O3. The Balaban J connectivity index is 2.00. The average Bonchev–Trinajstić information content (AvgIpc) is 2.95. The highest BCUT2D eigenvalue weighted by Gasteiger charge is 2.37. The molecule has 148 valence electrons. The Morgan fingerprint density at radius 3 is 2.66 bits per heavy atom. The van der Waals surface area contributed by atoms with E-state index in [9.17, 15) is 9.59 Å². The molecule has 0 unspecified atom stereocenters. The van der Waals surface area contributed by atoms with E-state index in [0.717, 1.165) is 5.56 Å². The molecule has 0 spiro atoms. The van der Waals surface area contributed by atoms with E-state index in [1.807, 2.05) is 50.3 Å². The van der Waals surface area contributed by atoms with E-state index < -0.39 is 6.04 Å². The molecule has 29 heavy (non-hydrogen) atoms. The molecular weight excluding hydrogens is 366 g/mol. The van der Waals surface area contributed by atoms with Crippen molar-refractivity contribution in [1.82, 2.24) is 14.5 Å². The summed E-state index contributed by atoms with van der Waals surface area (Å²) < 4.78 is 7.11. The molecule has 6 heteroatoms. The Morgan fingerprint density at radius 2 is 1.93 bits per heavy atom. The van der Waals surface area contributed by atoms with Crippen LogP contribution in [0.25, 0.3) is 17.8 Å². The standard InChI is InChI=1S/C23H23N3O3/c1-15(2)13-19-23(28)25(3)18(14-16-9-5-4-6-10-16)20-24-21-17(22(27)26(19)20)11-7-8-12-29-21/h4-12,14-15,19H,13H2,1-3H3/t19-/m0/s1. The predicted octanol–water partition coefficient (Wildman–Crippen LogP) is 3.72. The maximum Gasteiger partial charge on any atom is 0.265 e. The third-order valence-electron chi connectivity index (χ3n) is 5.06. The van der Waals surface area contributed by atoms with Gasteiger partial charge in [0.1, 0.15) is 11.6 Å². The first-order chi connectivity index (χ1) is 14.0. The van der Waals surface area contributed by atoms with Crippen LogP contribution in [0.3, 0.4) is 0 Å². The van der Waals surface area contributed by atoms with Crippen molar-refractivity contribution in [1.29, 1.82) is 0 Å². The number of allylic oxidation sites excluding steroid dienone is 2. The quantitative estimate of drug-likeness (QED) is 0.803. The van der Waals surface area contributed by atoms with Gasteiger partial charge in [0.25, 0.3) is 5.56 Å². The Hall–Kier alpha value is -3.41. The fraction of sp³-hybridized carbons (Fsp3) is 0.261. The topological polar surface area (TPSA) is 64.4 Å². The molecule has 0 saturated heterocycles. The molecule has 0 fully saturated rings. The molecule has 0 N–H and O–H groups in total. The van der Waals surface area contributed by atoms with E-state index in [4.69, 9.17) is 4.74 Å². The molecule has 1 aromatic carbocycles. The van der Waals surface area contributed by atoms with Gasteiger partial charge in [0, 0.05) is 7.05 Å². The normalized spacial score (nSPS) is 19.2. The third-order valence-corrected chi connectivity index (χ3v) is 5.06. The number of ether oxygens (including phenoxy) is 1. The summed E-state index contributed by atoms with van der Waals surface area (Å²) in [6.07, 6.45) is 9.03. The first kappa shape index (κ1) is 18.9. The molecule has 0 radical (unpaired) electrons. The van der Waals surface area contributed by atoms with Gasteiger partial charge in [0.05, 0.1) is 12.0 Å². The fourth-order valence-corrected chi connectivity index (χ4v) is 3.65. The van der Waals surface area contributed by atoms with Gasteiger partial charge < -0.3 is 9.64 Å². The summed E-state index contributed by atoms with van der Waals surface area (Å²) in [5.41, 5.74) is 1.57. The van der Waals surface area contributed by atoms with Crippen LogP contribution in [0.2, 0.25) is 0 Å². The minimum absolute atomic E-state index is 0.117. The molecule has 1 aromatic heterocycles. The van der Waals surface area contributed by atoms with Gasteiger partial charge in [0.2, 0.25) is 11.8 Å². The SMILES string of the molecule is CC(C)C[C@H]1C(=O)N(C)C(=Cc2ccccc2)c2nc3c(c(=O)n21)C=CC=CO3. The van der Waals surface area contributed by atoms with Crippen LogP contribution in [0.1, 0.15) is 43.3 Å². The first-order valence-corrected chi connectivity index (χ1v) is 9.68. The van der Waals surface area contributed by atoms with Crippen LogP contribution in [0.4, 0.5) is 0 Å². The summed E-state index contributed by atoms with van der Waals surface area (Å²) in [7, 11) is 1.73. The van der Waals surface area contributed by atoms with Gasteiger partial charge in [-0.15, -0.1) is 0 Å². The molecule has 1 atom stereocenters. The lowest BCUT2D eigenvalue weighted by Crippen LogP contribution is -2.46. The second kappa shape index (κ2) is 7.54. The lowest BCUT2D eigenvalue weighted by atomic mass is 9.99. The van der Waals surface area contributed by atoms with Gasteiger partial charge in [0.15, 0.2) is 5.82 Å². The lowest BCUT2D eigenvalue weighted by Gasteiger charge is -2.35. The average molecular weight is 389 g/mol. The van der Waals surface area contributed by atoms with Gasteiger partial charge in [-0.25, -0.2) is 0 Å². The van der Waals surface area contributed by atoms with Crippen LogP contribution in [-0.2, 0) is 4.79 Å². The van der Waals surface area contributed by atoms with E-state index in [-0.39, 0.29) is 23.3 Å². The van der Waals surface area contributed by atoms with Crippen LogP contribution in [-0.4, -0.2) is 27.4 Å². The Labute approximate surface area is 169 Å². The summed E-state index contributed by atoms with van der Waals surface area (Å²) >= 11 is 0. The van der Waals surface area contributed by atoms with Crippen molar-refractivity contribution in [3.05, 3.63) is 76.1 Å².